The molecular formula is C19H21NO4. The van der Waals surface area contributed by atoms with E-state index < -0.39 is 12.0 Å². The van der Waals surface area contributed by atoms with E-state index in [0.717, 1.165) is 11.1 Å². The molecule has 1 atom stereocenters. The van der Waals surface area contributed by atoms with Gasteiger partial charge in [0.1, 0.15) is 5.75 Å². The second-order valence-corrected chi connectivity index (χ2v) is 5.50. The molecule has 0 bridgehead atoms. The van der Waals surface area contributed by atoms with E-state index in [1.807, 2.05) is 19.9 Å². The van der Waals surface area contributed by atoms with Gasteiger partial charge in [-0.1, -0.05) is 29.8 Å². The number of carboxylic acids is 1. The molecule has 0 heterocycles. The lowest BCUT2D eigenvalue weighted by molar-refractivity contribution is -0.137. The minimum Gasteiger partial charge on any atom is -0.494 e. The molecular weight excluding hydrogens is 306 g/mol. The van der Waals surface area contributed by atoms with Crippen LogP contribution in [0.3, 0.4) is 0 Å². The minimum absolute atomic E-state index is 0.189. The Bertz CT molecular complexity index is 710. The topological polar surface area (TPSA) is 75.6 Å². The van der Waals surface area contributed by atoms with Crippen molar-refractivity contribution >= 4 is 11.9 Å². The van der Waals surface area contributed by atoms with Crippen molar-refractivity contribution in [1.29, 1.82) is 0 Å². The van der Waals surface area contributed by atoms with Crippen molar-refractivity contribution in [2.45, 2.75) is 26.3 Å². The summed E-state index contributed by atoms with van der Waals surface area (Å²) in [4.78, 5) is 23.6. The third-order valence-corrected chi connectivity index (χ3v) is 3.56. The van der Waals surface area contributed by atoms with Crippen LogP contribution in [0.25, 0.3) is 0 Å². The Kier molecular flexibility index (Phi) is 5.95. The van der Waals surface area contributed by atoms with Gasteiger partial charge >= 0.3 is 5.97 Å². The van der Waals surface area contributed by atoms with Crippen molar-refractivity contribution in [3.63, 3.8) is 0 Å². The summed E-state index contributed by atoms with van der Waals surface area (Å²) in [6.07, 6.45) is -0.189. The molecule has 126 valence electrons. The third-order valence-electron chi connectivity index (χ3n) is 3.56. The first-order valence-corrected chi connectivity index (χ1v) is 7.81. The maximum absolute atomic E-state index is 12.4. The van der Waals surface area contributed by atoms with Crippen LogP contribution >= 0.6 is 0 Å². The molecule has 0 saturated carbocycles. The Morgan fingerprint density at radius 1 is 1.17 bits per heavy atom. The molecule has 0 unspecified atom stereocenters. The highest BCUT2D eigenvalue weighted by Gasteiger charge is 2.19. The second-order valence-electron chi connectivity index (χ2n) is 5.50. The van der Waals surface area contributed by atoms with Gasteiger partial charge in [-0.05, 0) is 43.7 Å². The number of nitrogens with one attached hydrogen (secondary N) is 1. The molecule has 0 aromatic heterocycles. The second kappa shape index (κ2) is 8.15. The Hall–Kier alpha value is -2.82. The predicted molar refractivity (Wildman–Crippen MR) is 91.3 cm³/mol. The van der Waals surface area contributed by atoms with Crippen LogP contribution in [0.15, 0.2) is 48.5 Å². The van der Waals surface area contributed by atoms with E-state index in [2.05, 4.69) is 5.32 Å². The normalized spacial score (nSPS) is 11.6. The van der Waals surface area contributed by atoms with Crippen molar-refractivity contribution in [3.05, 3.63) is 65.2 Å². The SMILES string of the molecule is CCOc1ccc([C@H](CC(=O)O)NC(=O)c2cccc(C)c2)cc1. The number of aryl methyl sites for hydroxylation is 1. The van der Waals surface area contributed by atoms with E-state index in [9.17, 15) is 9.59 Å². The molecule has 2 N–H and O–H groups in total. The maximum Gasteiger partial charge on any atom is 0.305 e. The molecule has 2 aromatic carbocycles. The summed E-state index contributed by atoms with van der Waals surface area (Å²) in [5, 5.41) is 11.9. The van der Waals surface area contributed by atoms with Gasteiger partial charge in [-0.2, -0.15) is 0 Å². The lowest BCUT2D eigenvalue weighted by atomic mass is 10.0. The van der Waals surface area contributed by atoms with Gasteiger partial charge in [-0.25, -0.2) is 0 Å². The quantitative estimate of drug-likeness (QED) is 0.818. The van der Waals surface area contributed by atoms with Gasteiger partial charge in [-0.3, -0.25) is 9.59 Å². The van der Waals surface area contributed by atoms with E-state index in [1.54, 1.807) is 42.5 Å². The van der Waals surface area contributed by atoms with Crippen LogP contribution in [0.4, 0.5) is 0 Å². The van der Waals surface area contributed by atoms with E-state index in [0.29, 0.717) is 17.9 Å². The van der Waals surface area contributed by atoms with Crippen molar-refractivity contribution in [2.24, 2.45) is 0 Å². The molecule has 0 fully saturated rings. The predicted octanol–water partition coefficient (Wildman–Crippen LogP) is 3.34. The summed E-state index contributed by atoms with van der Waals surface area (Å²) in [5.74, 6) is -0.558. The first kappa shape index (κ1) is 17.5. The van der Waals surface area contributed by atoms with Gasteiger partial charge in [-0.15, -0.1) is 0 Å². The van der Waals surface area contributed by atoms with Crippen LogP contribution < -0.4 is 10.1 Å². The van der Waals surface area contributed by atoms with E-state index in [4.69, 9.17) is 9.84 Å². The first-order chi connectivity index (χ1) is 11.5. The summed E-state index contributed by atoms with van der Waals surface area (Å²) in [5.41, 5.74) is 2.21. The number of hydrogen-bond acceptors (Lipinski definition) is 3. The maximum atomic E-state index is 12.4. The molecule has 0 aliphatic rings. The molecule has 2 rings (SSSR count). The van der Waals surface area contributed by atoms with Crippen LogP contribution in [-0.4, -0.2) is 23.6 Å². The summed E-state index contributed by atoms with van der Waals surface area (Å²) in [6.45, 7) is 4.35. The molecule has 0 saturated heterocycles. The van der Waals surface area contributed by atoms with E-state index in [1.165, 1.54) is 0 Å². The monoisotopic (exact) mass is 327 g/mol. The van der Waals surface area contributed by atoms with E-state index >= 15 is 0 Å². The van der Waals surface area contributed by atoms with Crippen molar-refractivity contribution in [1.82, 2.24) is 5.32 Å². The fourth-order valence-electron chi connectivity index (χ4n) is 2.42. The smallest absolute Gasteiger partial charge is 0.305 e. The molecule has 24 heavy (non-hydrogen) atoms. The van der Waals surface area contributed by atoms with Gasteiger partial charge in [0.05, 0.1) is 19.1 Å². The Balaban J connectivity index is 2.18. The minimum atomic E-state index is -0.974. The summed E-state index contributed by atoms with van der Waals surface area (Å²) < 4.78 is 5.38. The Morgan fingerprint density at radius 3 is 2.46 bits per heavy atom. The van der Waals surface area contributed by atoms with Crippen molar-refractivity contribution in [3.8, 4) is 5.75 Å². The number of aliphatic carboxylic acids is 1. The van der Waals surface area contributed by atoms with Crippen LogP contribution in [0.1, 0.15) is 40.9 Å². The summed E-state index contributed by atoms with van der Waals surface area (Å²) in [7, 11) is 0. The van der Waals surface area contributed by atoms with Gasteiger partial charge in [0.25, 0.3) is 5.91 Å². The van der Waals surface area contributed by atoms with Gasteiger partial charge < -0.3 is 15.2 Å². The zero-order valence-electron chi connectivity index (χ0n) is 13.8. The molecule has 5 heteroatoms. The lowest BCUT2D eigenvalue weighted by Crippen LogP contribution is -2.30. The highest BCUT2D eigenvalue weighted by Crippen LogP contribution is 2.21. The molecule has 5 nitrogen and oxygen atoms in total. The van der Waals surface area contributed by atoms with Crippen LogP contribution in [0.2, 0.25) is 0 Å². The largest absolute Gasteiger partial charge is 0.494 e. The van der Waals surface area contributed by atoms with Gasteiger partial charge in [0.2, 0.25) is 0 Å². The number of rotatable bonds is 7. The number of carbonyl (C=O) groups is 2. The van der Waals surface area contributed by atoms with Crippen molar-refractivity contribution < 1.29 is 19.4 Å². The van der Waals surface area contributed by atoms with Crippen molar-refractivity contribution in [2.75, 3.05) is 6.61 Å². The Labute approximate surface area is 141 Å². The standard InChI is InChI=1S/C19H21NO4/c1-3-24-16-9-7-14(8-10-16)17(12-18(21)22)20-19(23)15-6-4-5-13(2)11-15/h4-11,17H,3,12H2,1-2H3,(H,20,23)(H,21,22)/t17-/m0/s1. The number of hydrogen-bond donors (Lipinski definition) is 2. The first-order valence-electron chi connectivity index (χ1n) is 7.81. The molecule has 2 aromatic rings. The molecule has 0 aliphatic carbocycles. The molecule has 0 radical (unpaired) electrons. The number of carbonyl (C=O) groups excluding carboxylic acids is 1. The zero-order chi connectivity index (χ0) is 17.5. The molecule has 0 aliphatic heterocycles. The van der Waals surface area contributed by atoms with Crippen LogP contribution in [0, 0.1) is 6.92 Å². The fraction of sp³-hybridized carbons (Fsp3) is 0.263. The zero-order valence-corrected chi connectivity index (χ0v) is 13.8. The highest BCUT2D eigenvalue weighted by atomic mass is 16.5. The number of benzene rings is 2. The Morgan fingerprint density at radius 2 is 1.88 bits per heavy atom. The lowest BCUT2D eigenvalue weighted by Gasteiger charge is -2.18. The highest BCUT2D eigenvalue weighted by molar-refractivity contribution is 5.94. The molecule has 0 spiro atoms. The third kappa shape index (κ3) is 4.84. The number of amides is 1. The van der Waals surface area contributed by atoms with Gasteiger partial charge in [0, 0.05) is 5.56 Å². The van der Waals surface area contributed by atoms with Crippen LogP contribution in [-0.2, 0) is 4.79 Å². The average molecular weight is 327 g/mol. The fourth-order valence-corrected chi connectivity index (χ4v) is 2.42. The summed E-state index contributed by atoms with van der Waals surface area (Å²) >= 11 is 0. The molecule has 1 amide bonds. The number of carboxylic acid groups (broad SMARTS) is 1. The summed E-state index contributed by atoms with van der Waals surface area (Å²) in [6, 6.07) is 13.7. The van der Waals surface area contributed by atoms with Crippen LogP contribution in [0.5, 0.6) is 5.75 Å². The number of ether oxygens (including phenoxy) is 1. The van der Waals surface area contributed by atoms with Gasteiger partial charge in [0.15, 0.2) is 0 Å². The van der Waals surface area contributed by atoms with E-state index in [-0.39, 0.29) is 12.3 Å². The average Bonchev–Trinajstić information content (AvgIpc) is 2.55.